The molecule has 24 heavy (non-hydrogen) atoms. The van der Waals surface area contributed by atoms with Crippen molar-refractivity contribution in [1.82, 2.24) is 4.90 Å². The van der Waals surface area contributed by atoms with Crippen molar-refractivity contribution < 1.29 is 22.1 Å². The smallest absolute Gasteiger partial charge is 0.410 e. The van der Waals surface area contributed by atoms with Crippen LogP contribution in [0.15, 0.2) is 29.2 Å². The highest BCUT2D eigenvalue weighted by Crippen LogP contribution is 2.28. The molecule has 1 aromatic carbocycles. The maximum atomic E-state index is 12.4. The fourth-order valence-electron chi connectivity index (χ4n) is 2.58. The first-order valence-electron chi connectivity index (χ1n) is 7.96. The van der Waals surface area contributed by atoms with E-state index < -0.39 is 21.8 Å². The van der Waals surface area contributed by atoms with Crippen LogP contribution in [0, 0.1) is 12.8 Å². The van der Waals surface area contributed by atoms with Crippen LogP contribution < -0.4 is 0 Å². The van der Waals surface area contributed by atoms with Crippen LogP contribution in [-0.2, 0) is 19.0 Å². The number of aryl methyl sites for hydroxylation is 1. The number of likely N-dealkylation sites (tertiary alicyclic amines) is 1. The minimum absolute atomic E-state index is 0.0723. The van der Waals surface area contributed by atoms with Crippen LogP contribution >= 0.6 is 0 Å². The highest BCUT2D eigenvalue weighted by Gasteiger charge is 2.42. The Morgan fingerprint density at radius 2 is 1.92 bits per heavy atom. The van der Waals surface area contributed by atoms with E-state index in [0.717, 1.165) is 0 Å². The van der Waals surface area contributed by atoms with Gasteiger partial charge in [-0.25, -0.2) is 4.79 Å². The van der Waals surface area contributed by atoms with Gasteiger partial charge in [0.1, 0.15) is 5.60 Å². The second kappa shape index (κ2) is 6.72. The first kappa shape index (κ1) is 18.7. The molecule has 2 rings (SSSR count). The molecular formula is C17H25NO5S. The van der Waals surface area contributed by atoms with Crippen LogP contribution in [0.2, 0.25) is 0 Å². The zero-order chi connectivity index (χ0) is 18.1. The quantitative estimate of drug-likeness (QED) is 0.777. The molecule has 0 aliphatic carbocycles. The number of amides is 1. The Labute approximate surface area is 143 Å². The molecule has 6 nitrogen and oxygen atoms in total. The maximum Gasteiger partial charge on any atom is 0.410 e. The van der Waals surface area contributed by atoms with Gasteiger partial charge in [-0.1, -0.05) is 25.1 Å². The molecule has 134 valence electrons. The highest BCUT2D eigenvalue weighted by molar-refractivity contribution is 7.86. The number of carbonyl (C=O) groups is 1. The van der Waals surface area contributed by atoms with Crippen LogP contribution in [0.25, 0.3) is 0 Å². The summed E-state index contributed by atoms with van der Waals surface area (Å²) in [7, 11) is -3.85. The minimum Gasteiger partial charge on any atom is -0.444 e. The molecule has 0 radical (unpaired) electrons. The average Bonchev–Trinajstić information content (AvgIpc) is 2.42. The molecule has 1 aliphatic heterocycles. The summed E-state index contributed by atoms with van der Waals surface area (Å²) >= 11 is 0. The van der Waals surface area contributed by atoms with E-state index in [1.54, 1.807) is 45.9 Å². The molecule has 0 saturated carbocycles. The number of nitrogens with zero attached hydrogens (tertiary/aromatic N) is 1. The molecule has 1 heterocycles. The van der Waals surface area contributed by atoms with Crippen molar-refractivity contribution >= 4 is 16.2 Å². The highest BCUT2D eigenvalue weighted by atomic mass is 32.2. The summed E-state index contributed by atoms with van der Waals surface area (Å²) in [5, 5.41) is 0. The standard InChI is InChI=1S/C17H25NO5S/c1-12-8-6-7-9-15(12)24(20,21)22-11-14-13(2)10-18(14)16(19)23-17(3,4)5/h6-9,13-14H,10-11H2,1-5H3/t13-,14-/m0/s1. The van der Waals surface area contributed by atoms with E-state index in [-0.39, 0.29) is 23.5 Å². The molecule has 1 fully saturated rings. The molecule has 0 unspecified atom stereocenters. The topological polar surface area (TPSA) is 72.9 Å². The summed E-state index contributed by atoms with van der Waals surface area (Å²) in [5.41, 5.74) is 0.0392. The van der Waals surface area contributed by atoms with Gasteiger partial charge in [0, 0.05) is 6.54 Å². The van der Waals surface area contributed by atoms with Crippen LogP contribution in [0.1, 0.15) is 33.3 Å². The van der Waals surface area contributed by atoms with Gasteiger partial charge in [0.15, 0.2) is 0 Å². The molecule has 7 heteroatoms. The molecular weight excluding hydrogens is 330 g/mol. The zero-order valence-electron chi connectivity index (χ0n) is 14.8. The number of hydrogen-bond acceptors (Lipinski definition) is 5. The van der Waals surface area contributed by atoms with Gasteiger partial charge in [-0.2, -0.15) is 8.42 Å². The fraction of sp³-hybridized carbons (Fsp3) is 0.588. The largest absolute Gasteiger partial charge is 0.444 e. The van der Waals surface area contributed by atoms with Gasteiger partial charge in [0.05, 0.1) is 17.5 Å². The average molecular weight is 355 g/mol. The van der Waals surface area contributed by atoms with E-state index in [1.807, 2.05) is 6.92 Å². The third kappa shape index (κ3) is 4.27. The Kier molecular flexibility index (Phi) is 5.25. The molecule has 0 N–H and O–H groups in total. The first-order valence-corrected chi connectivity index (χ1v) is 9.37. The normalized spacial score (nSPS) is 21.3. The molecule has 1 amide bonds. The Hall–Kier alpha value is -1.60. The predicted octanol–water partition coefficient (Wildman–Crippen LogP) is 2.96. The zero-order valence-corrected chi connectivity index (χ0v) is 15.6. The summed E-state index contributed by atoms with van der Waals surface area (Å²) in [6.07, 6.45) is -0.442. The number of carbonyl (C=O) groups excluding carboxylic acids is 1. The lowest BCUT2D eigenvalue weighted by Gasteiger charge is -2.46. The van der Waals surface area contributed by atoms with Gasteiger partial charge in [-0.3, -0.25) is 4.18 Å². The molecule has 1 aliphatic rings. The van der Waals surface area contributed by atoms with Crippen molar-refractivity contribution in [2.75, 3.05) is 13.2 Å². The Bertz CT molecular complexity index is 708. The van der Waals surface area contributed by atoms with Crippen molar-refractivity contribution in [1.29, 1.82) is 0 Å². The van der Waals surface area contributed by atoms with E-state index in [0.29, 0.717) is 12.1 Å². The number of hydrogen-bond donors (Lipinski definition) is 0. The summed E-state index contributed by atoms with van der Waals surface area (Å²) in [4.78, 5) is 13.8. The lowest BCUT2D eigenvalue weighted by Crippen LogP contribution is -2.60. The van der Waals surface area contributed by atoms with Crippen molar-refractivity contribution in [3.8, 4) is 0 Å². The Morgan fingerprint density at radius 3 is 2.46 bits per heavy atom. The third-order valence-electron chi connectivity index (χ3n) is 3.93. The molecule has 1 aromatic rings. The molecule has 1 saturated heterocycles. The summed E-state index contributed by atoms with van der Waals surface area (Å²) < 4.78 is 35.2. The van der Waals surface area contributed by atoms with E-state index >= 15 is 0 Å². The summed E-state index contributed by atoms with van der Waals surface area (Å²) in [6.45, 7) is 9.52. The lowest BCUT2D eigenvalue weighted by atomic mass is 9.92. The second-order valence-electron chi connectivity index (χ2n) is 7.18. The van der Waals surface area contributed by atoms with Crippen LogP contribution in [-0.4, -0.2) is 44.2 Å². The molecule has 2 atom stereocenters. The van der Waals surface area contributed by atoms with Gasteiger partial charge >= 0.3 is 6.09 Å². The van der Waals surface area contributed by atoms with Gasteiger partial charge in [-0.15, -0.1) is 0 Å². The van der Waals surface area contributed by atoms with Crippen molar-refractivity contribution in [2.45, 2.75) is 51.2 Å². The second-order valence-corrected chi connectivity index (χ2v) is 8.77. The van der Waals surface area contributed by atoms with E-state index in [4.69, 9.17) is 8.92 Å². The monoisotopic (exact) mass is 355 g/mol. The van der Waals surface area contributed by atoms with E-state index in [9.17, 15) is 13.2 Å². The first-order chi connectivity index (χ1) is 11.0. The Morgan fingerprint density at radius 1 is 1.29 bits per heavy atom. The van der Waals surface area contributed by atoms with Crippen molar-refractivity contribution in [3.63, 3.8) is 0 Å². The number of ether oxygens (including phenoxy) is 1. The number of benzene rings is 1. The lowest BCUT2D eigenvalue weighted by molar-refractivity contribution is -0.0372. The SMILES string of the molecule is Cc1ccccc1S(=O)(=O)OC[C@H]1[C@@H](C)CN1C(=O)OC(C)(C)C. The van der Waals surface area contributed by atoms with Crippen LogP contribution in [0.5, 0.6) is 0 Å². The molecule has 0 aromatic heterocycles. The van der Waals surface area contributed by atoms with Crippen LogP contribution in [0.4, 0.5) is 4.79 Å². The van der Waals surface area contributed by atoms with Crippen molar-refractivity contribution in [2.24, 2.45) is 5.92 Å². The van der Waals surface area contributed by atoms with Gasteiger partial charge in [-0.05, 0) is 45.2 Å². The van der Waals surface area contributed by atoms with Gasteiger partial charge in [0.25, 0.3) is 10.1 Å². The Balaban J connectivity index is 2.02. The molecule has 0 spiro atoms. The minimum atomic E-state index is -3.85. The summed E-state index contributed by atoms with van der Waals surface area (Å²) in [5.74, 6) is 0.157. The van der Waals surface area contributed by atoms with Gasteiger partial charge < -0.3 is 9.64 Å². The maximum absolute atomic E-state index is 12.4. The fourth-order valence-corrected chi connectivity index (χ4v) is 3.73. The third-order valence-corrected chi connectivity index (χ3v) is 5.37. The van der Waals surface area contributed by atoms with E-state index in [2.05, 4.69) is 0 Å². The molecule has 0 bridgehead atoms. The number of rotatable bonds is 4. The van der Waals surface area contributed by atoms with Gasteiger partial charge in [0.2, 0.25) is 0 Å². The summed E-state index contributed by atoms with van der Waals surface area (Å²) in [6, 6.07) is 6.35. The predicted molar refractivity (Wildman–Crippen MR) is 90.2 cm³/mol. The van der Waals surface area contributed by atoms with E-state index in [1.165, 1.54) is 11.0 Å². The van der Waals surface area contributed by atoms with Crippen molar-refractivity contribution in [3.05, 3.63) is 29.8 Å². The van der Waals surface area contributed by atoms with Crippen LogP contribution in [0.3, 0.4) is 0 Å².